The summed E-state index contributed by atoms with van der Waals surface area (Å²) in [6.45, 7) is 25.2. The zero-order valence-electron chi connectivity index (χ0n) is 35.0. The molecular weight excluding hydrogens is 859 g/mol. The van der Waals surface area contributed by atoms with Gasteiger partial charge < -0.3 is 13.9 Å². The Hall–Kier alpha value is -3.99. The predicted molar refractivity (Wildman–Crippen MR) is 226 cm³/mol. The molecule has 0 spiro atoms. The van der Waals surface area contributed by atoms with Gasteiger partial charge in [-0.25, -0.2) is 0 Å². The number of ketones is 1. The van der Waals surface area contributed by atoms with E-state index in [4.69, 9.17) is 13.8 Å². The number of allylic oxidation sites excluding steroid dienone is 2. The number of furan rings is 2. The van der Waals surface area contributed by atoms with Crippen LogP contribution in [0.15, 0.2) is 87.4 Å². The fraction of sp³-hybridized carbons (Fsp3) is 0.429. The van der Waals surface area contributed by atoms with E-state index in [0.717, 1.165) is 87.8 Å². The van der Waals surface area contributed by atoms with E-state index in [9.17, 15) is 9.90 Å². The largest absolute Gasteiger partial charge is 0.512 e. The van der Waals surface area contributed by atoms with Crippen LogP contribution in [0.3, 0.4) is 0 Å². The number of aliphatic hydroxyl groups excluding tert-OH is 1. The minimum Gasteiger partial charge on any atom is -0.512 e. The van der Waals surface area contributed by atoms with Crippen molar-refractivity contribution in [3.05, 3.63) is 102 Å². The number of pyridine rings is 1. The Bertz CT molecular complexity index is 2290. The van der Waals surface area contributed by atoms with Crippen LogP contribution in [-0.4, -0.2) is 15.9 Å². The van der Waals surface area contributed by atoms with Gasteiger partial charge in [0, 0.05) is 59.9 Å². The van der Waals surface area contributed by atoms with Crippen molar-refractivity contribution >= 4 is 38.6 Å². The number of benzene rings is 3. The molecule has 0 aliphatic heterocycles. The third-order valence-electron chi connectivity index (χ3n) is 11.6. The molecule has 3 aromatic heterocycles. The van der Waals surface area contributed by atoms with Crippen molar-refractivity contribution in [3.8, 4) is 22.4 Å². The van der Waals surface area contributed by atoms with Crippen LogP contribution in [-0.2, 0) is 36.7 Å². The third kappa shape index (κ3) is 9.52. The summed E-state index contributed by atoms with van der Waals surface area (Å²) >= 11 is 0. The zero-order chi connectivity index (χ0) is 39.6. The van der Waals surface area contributed by atoms with Gasteiger partial charge in [0.15, 0.2) is 5.78 Å². The van der Waals surface area contributed by atoms with Crippen molar-refractivity contribution in [2.24, 2.45) is 16.7 Å². The van der Waals surface area contributed by atoms with Gasteiger partial charge in [-0.3, -0.25) is 9.78 Å². The maximum atomic E-state index is 12.2. The number of carbonyl (C=O) groups excluding carboxylic acids is 1. The fourth-order valence-electron chi connectivity index (χ4n) is 6.95. The van der Waals surface area contributed by atoms with Crippen LogP contribution >= 0.6 is 0 Å². The molecule has 6 aromatic rings. The van der Waals surface area contributed by atoms with Crippen LogP contribution in [0.1, 0.15) is 119 Å². The second-order valence-corrected chi connectivity index (χ2v) is 17.0. The molecule has 6 rings (SSSR count). The van der Waals surface area contributed by atoms with Crippen molar-refractivity contribution in [2.45, 2.75) is 121 Å². The first-order valence-corrected chi connectivity index (χ1v) is 19.8. The van der Waals surface area contributed by atoms with Crippen LogP contribution < -0.4 is 0 Å². The number of aryl methyl sites for hydroxylation is 1. The molecular formula is C49H60IrNO4-. The zero-order valence-corrected chi connectivity index (χ0v) is 37.4. The molecule has 0 fully saturated rings. The van der Waals surface area contributed by atoms with Gasteiger partial charge in [-0.2, -0.15) is 0 Å². The van der Waals surface area contributed by atoms with E-state index in [1.165, 1.54) is 17.0 Å². The van der Waals surface area contributed by atoms with Gasteiger partial charge in [0.2, 0.25) is 5.71 Å². The van der Waals surface area contributed by atoms with Crippen LogP contribution in [0.25, 0.3) is 55.2 Å². The molecule has 0 amide bonds. The predicted octanol–water partition coefficient (Wildman–Crippen LogP) is 14.3. The van der Waals surface area contributed by atoms with Gasteiger partial charge in [0.05, 0.1) is 0 Å². The van der Waals surface area contributed by atoms with Gasteiger partial charge in [0.25, 0.3) is 0 Å². The average Bonchev–Trinajstić information content (AvgIpc) is 3.73. The van der Waals surface area contributed by atoms with Crippen LogP contribution in [0, 0.1) is 29.7 Å². The van der Waals surface area contributed by atoms with Gasteiger partial charge >= 0.3 is 0 Å². The molecule has 1 radical (unpaired) electrons. The Labute approximate surface area is 342 Å². The van der Waals surface area contributed by atoms with Gasteiger partial charge in [-0.1, -0.05) is 117 Å². The van der Waals surface area contributed by atoms with E-state index in [2.05, 4.69) is 107 Å². The molecule has 0 unspecified atom stereocenters. The SMILES string of the molecule is CCC(C)(CC)C(=O)/C=C(\O)C(C)(CC)CC.Cc1cc2c(-c3ccc4oc(CC(C)C)cc4c3)cc(-c3[c-]c4ccccc4c(C(C)(C)C)c3)nc2o1.[Ir]. The van der Waals surface area contributed by atoms with Crippen LogP contribution in [0.4, 0.5) is 0 Å². The van der Waals surface area contributed by atoms with E-state index < -0.39 is 0 Å². The summed E-state index contributed by atoms with van der Waals surface area (Å²) in [5, 5.41) is 14.6. The molecule has 0 aliphatic rings. The summed E-state index contributed by atoms with van der Waals surface area (Å²) in [5.41, 5.74) is 6.30. The number of aromatic nitrogens is 1. The van der Waals surface area contributed by atoms with Crippen molar-refractivity contribution in [2.75, 3.05) is 0 Å². The summed E-state index contributed by atoms with van der Waals surface area (Å²) in [4.78, 5) is 17.1. The van der Waals surface area contributed by atoms with E-state index in [0.29, 0.717) is 11.6 Å². The number of aliphatic hydroxyl groups is 1. The number of rotatable bonds is 11. The summed E-state index contributed by atoms with van der Waals surface area (Å²) in [6, 6.07) is 27.2. The number of hydrogen-bond donors (Lipinski definition) is 1. The number of hydrogen-bond acceptors (Lipinski definition) is 5. The van der Waals surface area contributed by atoms with Gasteiger partial charge in [0.1, 0.15) is 22.9 Å². The smallest absolute Gasteiger partial charge is 0.219 e. The van der Waals surface area contributed by atoms with Crippen molar-refractivity contribution in [1.82, 2.24) is 4.98 Å². The van der Waals surface area contributed by atoms with E-state index in [-0.39, 0.29) is 47.9 Å². The Morgan fingerprint density at radius 3 is 2.11 bits per heavy atom. The molecule has 6 heteroatoms. The maximum absolute atomic E-state index is 12.2. The molecule has 0 aliphatic carbocycles. The molecule has 55 heavy (non-hydrogen) atoms. The number of fused-ring (bicyclic) bond motifs is 3. The van der Waals surface area contributed by atoms with Crippen LogP contribution in [0.5, 0.6) is 0 Å². The number of nitrogens with zero attached hydrogens (tertiary/aromatic N) is 1. The Kier molecular flexibility index (Phi) is 13.9. The molecule has 1 N–H and O–H groups in total. The van der Waals surface area contributed by atoms with Crippen molar-refractivity contribution in [1.29, 1.82) is 0 Å². The summed E-state index contributed by atoms with van der Waals surface area (Å²) < 4.78 is 12.2. The third-order valence-corrected chi connectivity index (χ3v) is 11.6. The second-order valence-electron chi connectivity index (χ2n) is 17.0. The first-order valence-electron chi connectivity index (χ1n) is 19.8. The standard InChI is InChI=1S/C34H32NO2.C15H28O2.Ir/c1-20(2)13-26-17-25-16-23(11-12-32(25)37-26)28-19-31(35-33-29(28)14-21(3)36-33)24-15-22-9-7-8-10-27(22)30(18-24)34(4,5)6;1-7-14(5,8-2)12(16)11-13(17)15(6,9-3)10-4;/h7-12,14,16-20H,13H2,1-6H3;11,16H,7-10H2,1-6H3;/q-1;;/b;12-11-;. The average molecular weight is 919 g/mol. The summed E-state index contributed by atoms with van der Waals surface area (Å²) in [6.07, 6.45) is 5.69. The second kappa shape index (κ2) is 17.4. The quantitative estimate of drug-likeness (QED) is 0.0796. The first-order chi connectivity index (χ1) is 25.4. The van der Waals surface area contributed by atoms with E-state index in [1.807, 2.05) is 48.5 Å². The first kappa shape index (κ1) is 43.7. The molecule has 5 nitrogen and oxygen atoms in total. The monoisotopic (exact) mass is 919 g/mol. The Morgan fingerprint density at radius 1 is 0.836 bits per heavy atom. The minimum absolute atomic E-state index is 0. The van der Waals surface area contributed by atoms with Crippen molar-refractivity contribution in [3.63, 3.8) is 0 Å². The van der Waals surface area contributed by atoms with Crippen molar-refractivity contribution < 1.29 is 38.8 Å². The van der Waals surface area contributed by atoms with E-state index >= 15 is 0 Å². The Morgan fingerprint density at radius 2 is 1.49 bits per heavy atom. The maximum Gasteiger partial charge on any atom is 0.219 e. The fourth-order valence-corrected chi connectivity index (χ4v) is 6.95. The normalized spacial score (nSPS) is 12.6. The summed E-state index contributed by atoms with van der Waals surface area (Å²) in [5.74, 6) is 2.71. The summed E-state index contributed by atoms with van der Waals surface area (Å²) in [7, 11) is 0. The molecule has 295 valence electrons. The molecule has 3 heterocycles. The minimum atomic E-state index is -0.337. The van der Waals surface area contributed by atoms with E-state index in [1.54, 1.807) is 0 Å². The topological polar surface area (TPSA) is 76.5 Å². The van der Waals surface area contributed by atoms with Gasteiger partial charge in [-0.05, 0) is 79.3 Å². The molecule has 0 bridgehead atoms. The molecule has 0 saturated heterocycles. The Balaban J connectivity index is 0.000000320. The molecule has 0 atom stereocenters. The molecule has 0 saturated carbocycles. The van der Waals surface area contributed by atoms with Gasteiger partial charge in [-0.15, -0.1) is 29.1 Å². The van der Waals surface area contributed by atoms with Crippen LogP contribution in [0.2, 0.25) is 0 Å². The molecule has 3 aromatic carbocycles. The number of carbonyl (C=O) groups is 1.